The molecule has 1 N–H and O–H groups in total. The average molecular weight is 265 g/mol. The fraction of sp³-hybridized carbons (Fsp3) is 0.600. The summed E-state index contributed by atoms with van der Waals surface area (Å²) in [5, 5.41) is 5.82. The van der Waals surface area contributed by atoms with Crippen LogP contribution in [-0.2, 0) is 22.3 Å². The number of ether oxygens (including phenoxy) is 1. The first-order valence-corrected chi connectivity index (χ1v) is 5.30. The number of nitrogens with zero attached hydrogens (tertiary/aromatic N) is 2. The predicted molar refractivity (Wildman–Crippen MR) is 56.7 cm³/mol. The highest BCUT2D eigenvalue weighted by Crippen LogP contribution is 2.27. The molecule has 0 aliphatic heterocycles. The van der Waals surface area contributed by atoms with Gasteiger partial charge in [-0.2, -0.15) is 18.3 Å². The molecule has 0 aliphatic carbocycles. The second kappa shape index (κ2) is 6.39. The summed E-state index contributed by atoms with van der Waals surface area (Å²) in [4.78, 5) is 11.3. The van der Waals surface area contributed by atoms with Gasteiger partial charge in [0, 0.05) is 26.5 Å². The van der Waals surface area contributed by atoms with Gasteiger partial charge < -0.3 is 10.1 Å². The summed E-state index contributed by atoms with van der Waals surface area (Å²) in [5.41, 5.74) is -1.00. The van der Waals surface area contributed by atoms with Crippen LogP contribution in [-0.4, -0.2) is 35.9 Å². The van der Waals surface area contributed by atoms with Gasteiger partial charge in [0.05, 0.1) is 0 Å². The maximum Gasteiger partial charge on any atom is 0.435 e. The molecule has 18 heavy (non-hydrogen) atoms. The number of rotatable bonds is 6. The molecule has 0 spiro atoms. The lowest BCUT2D eigenvalue weighted by Gasteiger charge is -2.05. The van der Waals surface area contributed by atoms with Crippen molar-refractivity contribution < 1.29 is 22.7 Å². The van der Waals surface area contributed by atoms with Crippen molar-refractivity contribution in [1.82, 2.24) is 15.1 Å². The molecule has 1 aromatic rings. The van der Waals surface area contributed by atoms with Crippen molar-refractivity contribution in [3.63, 3.8) is 0 Å². The van der Waals surface area contributed by atoms with E-state index in [1.807, 2.05) is 0 Å². The number of hydrogen-bond donors (Lipinski definition) is 1. The summed E-state index contributed by atoms with van der Waals surface area (Å²) in [6.45, 7) is 0.698. The lowest BCUT2D eigenvalue weighted by Crippen LogP contribution is -2.29. The van der Waals surface area contributed by atoms with E-state index in [1.165, 1.54) is 0 Å². The van der Waals surface area contributed by atoms with Crippen molar-refractivity contribution >= 4 is 5.91 Å². The zero-order chi connectivity index (χ0) is 13.6. The van der Waals surface area contributed by atoms with E-state index in [0.717, 1.165) is 16.9 Å². The third-order valence-electron chi connectivity index (χ3n) is 2.08. The minimum atomic E-state index is -4.49. The zero-order valence-corrected chi connectivity index (χ0v) is 9.83. The molecule has 0 atom stereocenters. The number of alkyl halides is 3. The van der Waals surface area contributed by atoms with E-state index in [0.29, 0.717) is 19.6 Å². The van der Waals surface area contributed by atoms with Gasteiger partial charge in [0.1, 0.15) is 6.54 Å². The third-order valence-corrected chi connectivity index (χ3v) is 2.08. The normalized spacial score (nSPS) is 11.6. The van der Waals surface area contributed by atoms with E-state index in [1.54, 1.807) is 7.11 Å². The van der Waals surface area contributed by atoms with Gasteiger partial charge in [-0.05, 0) is 12.5 Å². The Morgan fingerprint density at radius 2 is 2.28 bits per heavy atom. The molecule has 0 unspecified atom stereocenters. The number of aromatic nitrogens is 2. The van der Waals surface area contributed by atoms with Gasteiger partial charge in [-0.25, -0.2) is 0 Å². The first kappa shape index (κ1) is 14.5. The number of methoxy groups -OCH3 is 1. The van der Waals surface area contributed by atoms with Crippen LogP contribution < -0.4 is 5.32 Å². The van der Waals surface area contributed by atoms with Crippen LogP contribution in [0.3, 0.4) is 0 Å². The topological polar surface area (TPSA) is 56.1 Å². The van der Waals surface area contributed by atoms with Gasteiger partial charge in [-0.15, -0.1) is 0 Å². The average Bonchev–Trinajstić information content (AvgIpc) is 2.72. The second-order valence-electron chi connectivity index (χ2n) is 3.59. The van der Waals surface area contributed by atoms with Crippen molar-refractivity contribution in [2.75, 3.05) is 20.3 Å². The number of carbonyl (C=O) groups excluding carboxylic acids is 1. The Balaban J connectivity index is 2.38. The molecule has 0 saturated heterocycles. The second-order valence-corrected chi connectivity index (χ2v) is 3.59. The maximum absolute atomic E-state index is 12.2. The standard InChI is InChI=1S/C10H14F3N3O2/c1-18-6-2-4-14-9(17)7-16-5-3-8(15-16)10(11,12)13/h3,5H,2,4,6-7H2,1H3,(H,14,17). The molecule has 1 amide bonds. The lowest BCUT2D eigenvalue weighted by atomic mass is 10.4. The molecule has 1 heterocycles. The zero-order valence-electron chi connectivity index (χ0n) is 9.83. The molecule has 0 aromatic carbocycles. The molecule has 0 saturated carbocycles. The summed E-state index contributed by atoms with van der Waals surface area (Å²) in [6.07, 6.45) is -2.72. The summed E-state index contributed by atoms with van der Waals surface area (Å²) in [7, 11) is 1.55. The van der Waals surface area contributed by atoms with Crippen LogP contribution >= 0.6 is 0 Å². The van der Waals surface area contributed by atoms with E-state index in [4.69, 9.17) is 4.74 Å². The Kier molecular flexibility index (Phi) is 5.14. The highest BCUT2D eigenvalue weighted by molar-refractivity contribution is 5.75. The van der Waals surface area contributed by atoms with Crippen molar-refractivity contribution in [1.29, 1.82) is 0 Å². The van der Waals surface area contributed by atoms with E-state index in [-0.39, 0.29) is 12.5 Å². The predicted octanol–water partition coefficient (Wildman–Crippen LogP) is 1.05. The van der Waals surface area contributed by atoms with Gasteiger partial charge >= 0.3 is 6.18 Å². The van der Waals surface area contributed by atoms with Crippen LogP contribution in [0.4, 0.5) is 13.2 Å². The van der Waals surface area contributed by atoms with Gasteiger partial charge in [-0.1, -0.05) is 0 Å². The molecule has 0 fully saturated rings. The number of halogens is 3. The molecule has 0 aliphatic rings. The summed E-state index contributed by atoms with van der Waals surface area (Å²) in [6, 6.07) is 0.832. The van der Waals surface area contributed by atoms with E-state index in [2.05, 4.69) is 10.4 Å². The first-order valence-electron chi connectivity index (χ1n) is 5.30. The van der Waals surface area contributed by atoms with E-state index >= 15 is 0 Å². The Morgan fingerprint density at radius 3 is 2.83 bits per heavy atom. The Bertz CT molecular complexity index is 390. The van der Waals surface area contributed by atoms with Gasteiger partial charge in [-0.3, -0.25) is 9.48 Å². The summed E-state index contributed by atoms with van der Waals surface area (Å²) in [5.74, 6) is -0.386. The Morgan fingerprint density at radius 1 is 1.56 bits per heavy atom. The Labute approximate surface area is 102 Å². The van der Waals surface area contributed by atoms with Crippen molar-refractivity contribution in [3.05, 3.63) is 18.0 Å². The monoisotopic (exact) mass is 265 g/mol. The number of carbonyl (C=O) groups is 1. The van der Waals surface area contributed by atoms with Crippen LogP contribution in [0.25, 0.3) is 0 Å². The van der Waals surface area contributed by atoms with Gasteiger partial charge in [0.2, 0.25) is 5.91 Å². The molecule has 102 valence electrons. The fourth-order valence-corrected chi connectivity index (χ4v) is 1.25. The van der Waals surface area contributed by atoms with Gasteiger partial charge in [0.15, 0.2) is 5.69 Å². The smallest absolute Gasteiger partial charge is 0.385 e. The molecule has 8 heteroatoms. The Hall–Kier alpha value is -1.57. The van der Waals surface area contributed by atoms with Crippen LogP contribution in [0, 0.1) is 0 Å². The molecular formula is C10H14F3N3O2. The minimum Gasteiger partial charge on any atom is -0.385 e. The molecule has 0 radical (unpaired) electrons. The highest BCUT2D eigenvalue weighted by Gasteiger charge is 2.33. The first-order chi connectivity index (χ1) is 8.43. The number of nitrogens with one attached hydrogen (secondary N) is 1. The van der Waals surface area contributed by atoms with Gasteiger partial charge in [0.25, 0.3) is 0 Å². The van der Waals surface area contributed by atoms with Crippen LogP contribution in [0.1, 0.15) is 12.1 Å². The third kappa shape index (κ3) is 4.74. The minimum absolute atomic E-state index is 0.233. The van der Waals surface area contributed by atoms with E-state index in [9.17, 15) is 18.0 Å². The molecule has 1 aromatic heterocycles. The van der Waals surface area contributed by atoms with Crippen molar-refractivity contribution in [3.8, 4) is 0 Å². The van der Waals surface area contributed by atoms with Crippen molar-refractivity contribution in [2.24, 2.45) is 0 Å². The van der Waals surface area contributed by atoms with Crippen molar-refractivity contribution in [2.45, 2.75) is 19.1 Å². The largest absolute Gasteiger partial charge is 0.435 e. The molecular weight excluding hydrogens is 251 g/mol. The maximum atomic E-state index is 12.2. The highest BCUT2D eigenvalue weighted by atomic mass is 19.4. The lowest BCUT2D eigenvalue weighted by molar-refractivity contribution is -0.141. The van der Waals surface area contributed by atoms with Crippen LogP contribution in [0.2, 0.25) is 0 Å². The quantitative estimate of drug-likeness (QED) is 0.782. The van der Waals surface area contributed by atoms with Crippen LogP contribution in [0.5, 0.6) is 0 Å². The number of amides is 1. The SMILES string of the molecule is COCCCNC(=O)Cn1ccc(C(F)(F)F)n1. The molecule has 1 rings (SSSR count). The summed E-state index contributed by atoms with van der Waals surface area (Å²) < 4.78 is 42.4. The fourth-order valence-electron chi connectivity index (χ4n) is 1.25. The number of hydrogen-bond acceptors (Lipinski definition) is 3. The van der Waals surface area contributed by atoms with Crippen LogP contribution in [0.15, 0.2) is 12.3 Å². The molecule has 5 nitrogen and oxygen atoms in total. The molecule has 0 bridgehead atoms. The van der Waals surface area contributed by atoms with E-state index < -0.39 is 11.9 Å². The summed E-state index contributed by atoms with van der Waals surface area (Å²) >= 11 is 0.